The Morgan fingerprint density at radius 3 is 2.75 bits per heavy atom. The Morgan fingerprint density at radius 1 is 1.25 bits per heavy atom. The maximum absolute atomic E-state index is 13.3. The van der Waals surface area contributed by atoms with Crippen LogP contribution in [0.3, 0.4) is 0 Å². The quantitative estimate of drug-likeness (QED) is 0.907. The molecule has 0 aromatic heterocycles. The summed E-state index contributed by atoms with van der Waals surface area (Å²) in [5.41, 5.74) is 2.71. The number of carboxylic acids is 1. The standard InChI is InChI=1S/C16H14FNO2/c1-10-8-11-4-2-3-5-14(11)18(10)15-7-6-12(17)9-13(15)16(19)20/h2-7,9-10H,8H2,1H3,(H,19,20). The third-order valence-corrected chi connectivity index (χ3v) is 3.66. The van der Waals surface area contributed by atoms with Crippen molar-refractivity contribution in [1.82, 2.24) is 0 Å². The van der Waals surface area contributed by atoms with Crippen molar-refractivity contribution in [3.63, 3.8) is 0 Å². The Balaban J connectivity index is 2.17. The molecule has 1 heterocycles. The zero-order valence-corrected chi connectivity index (χ0v) is 11.0. The maximum atomic E-state index is 13.3. The van der Waals surface area contributed by atoms with Gasteiger partial charge in [-0.3, -0.25) is 0 Å². The highest BCUT2D eigenvalue weighted by molar-refractivity contribution is 5.96. The number of carbonyl (C=O) groups is 1. The highest BCUT2D eigenvalue weighted by Gasteiger charge is 2.29. The molecule has 0 spiro atoms. The zero-order valence-electron chi connectivity index (χ0n) is 11.0. The molecule has 0 bridgehead atoms. The van der Waals surface area contributed by atoms with Gasteiger partial charge in [0, 0.05) is 11.7 Å². The van der Waals surface area contributed by atoms with Crippen LogP contribution in [0.25, 0.3) is 0 Å². The summed E-state index contributed by atoms with van der Waals surface area (Å²) in [5.74, 6) is -1.65. The lowest BCUT2D eigenvalue weighted by atomic mass is 10.1. The molecule has 20 heavy (non-hydrogen) atoms. The van der Waals surface area contributed by atoms with Crippen molar-refractivity contribution in [1.29, 1.82) is 0 Å². The van der Waals surface area contributed by atoms with Crippen LogP contribution in [0.2, 0.25) is 0 Å². The van der Waals surface area contributed by atoms with E-state index in [1.54, 1.807) is 0 Å². The van der Waals surface area contributed by atoms with Gasteiger partial charge in [0.05, 0.1) is 11.3 Å². The van der Waals surface area contributed by atoms with Crippen LogP contribution >= 0.6 is 0 Å². The van der Waals surface area contributed by atoms with E-state index in [4.69, 9.17) is 0 Å². The van der Waals surface area contributed by atoms with Crippen LogP contribution in [0.4, 0.5) is 15.8 Å². The summed E-state index contributed by atoms with van der Waals surface area (Å²) in [5, 5.41) is 9.29. The van der Waals surface area contributed by atoms with E-state index in [2.05, 4.69) is 0 Å². The van der Waals surface area contributed by atoms with Gasteiger partial charge in [0.25, 0.3) is 0 Å². The summed E-state index contributed by atoms with van der Waals surface area (Å²) < 4.78 is 13.3. The average molecular weight is 271 g/mol. The van der Waals surface area contributed by atoms with Gasteiger partial charge in [-0.1, -0.05) is 18.2 Å². The highest BCUT2D eigenvalue weighted by atomic mass is 19.1. The number of aromatic carboxylic acids is 1. The molecule has 1 aliphatic heterocycles. The molecule has 0 amide bonds. The number of rotatable bonds is 2. The van der Waals surface area contributed by atoms with Crippen molar-refractivity contribution >= 4 is 17.3 Å². The van der Waals surface area contributed by atoms with Gasteiger partial charge in [0.15, 0.2) is 0 Å². The molecule has 2 aromatic carbocycles. The van der Waals surface area contributed by atoms with E-state index in [9.17, 15) is 14.3 Å². The largest absolute Gasteiger partial charge is 0.478 e. The lowest BCUT2D eigenvalue weighted by Crippen LogP contribution is -2.25. The summed E-state index contributed by atoms with van der Waals surface area (Å²) in [6, 6.07) is 12.0. The van der Waals surface area contributed by atoms with Crippen LogP contribution in [-0.2, 0) is 6.42 Å². The molecule has 3 nitrogen and oxygen atoms in total. The fourth-order valence-electron chi connectivity index (χ4n) is 2.82. The summed E-state index contributed by atoms with van der Waals surface area (Å²) >= 11 is 0. The van der Waals surface area contributed by atoms with E-state index in [1.807, 2.05) is 36.1 Å². The molecular formula is C16H14FNO2. The molecular weight excluding hydrogens is 257 g/mol. The Hall–Kier alpha value is -2.36. The molecule has 1 aliphatic rings. The number of carboxylic acid groups (broad SMARTS) is 1. The number of hydrogen-bond donors (Lipinski definition) is 1. The number of para-hydroxylation sites is 1. The number of nitrogens with zero attached hydrogens (tertiary/aromatic N) is 1. The summed E-state index contributed by atoms with van der Waals surface area (Å²) in [7, 11) is 0. The van der Waals surface area contributed by atoms with Gasteiger partial charge >= 0.3 is 5.97 Å². The van der Waals surface area contributed by atoms with Gasteiger partial charge in [0.2, 0.25) is 0 Å². The number of hydrogen-bond acceptors (Lipinski definition) is 2. The minimum atomic E-state index is -1.11. The predicted molar refractivity (Wildman–Crippen MR) is 75.1 cm³/mol. The van der Waals surface area contributed by atoms with Crippen molar-refractivity contribution in [2.75, 3.05) is 4.90 Å². The molecule has 1 atom stereocenters. The van der Waals surface area contributed by atoms with Crippen LogP contribution in [0.1, 0.15) is 22.8 Å². The molecule has 0 saturated carbocycles. The lowest BCUT2D eigenvalue weighted by molar-refractivity contribution is 0.0697. The first-order valence-corrected chi connectivity index (χ1v) is 6.48. The molecule has 0 fully saturated rings. The third kappa shape index (κ3) is 1.93. The SMILES string of the molecule is CC1Cc2ccccc2N1c1ccc(F)cc1C(=O)O. The van der Waals surface area contributed by atoms with Crippen molar-refractivity contribution in [3.8, 4) is 0 Å². The van der Waals surface area contributed by atoms with Crippen molar-refractivity contribution < 1.29 is 14.3 Å². The Morgan fingerprint density at radius 2 is 2.00 bits per heavy atom. The Labute approximate surface area is 116 Å². The number of anilines is 2. The van der Waals surface area contributed by atoms with Crippen LogP contribution in [0, 0.1) is 5.82 Å². The predicted octanol–water partition coefficient (Wildman–Crippen LogP) is 3.61. The van der Waals surface area contributed by atoms with Crippen molar-refractivity contribution in [3.05, 3.63) is 59.4 Å². The van der Waals surface area contributed by atoms with Crippen LogP contribution < -0.4 is 4.90 Å². The first kappa shape index (κ1) is 12.7. The first-order chi connectivity index (χ1) is 9.58. The Kier molecular flexibility index (Phi) is 2.93. The van der Waals surface area contributed by atoms with E-state index in [-0.39, 0.29) is 11.6 Å². The zero-order chi connectivity index (χ0) is 14.3. The average Bonchev–Trinajstić information content (AvgIpc) is 2.74. The molecule has 2 aromatic rings. The van der Waals surface area contributed by atoms with Gasteiger partial charge in [-0.2, -0.15) is 0 Å². The molecule has 0 radical (unpaired) electrons. The van der Waals surface area contributed by atoms with E-state index < -0.39 is 11.8 Å². The summed E-state index contributed by atoms with van der Waals surface area (Å²) in [4.78, 5) is 13.3. The van der Waals surface area contributed by atoms with E-state index in [0.717, 1.165) is 18.2 Å². The minimum absolute atomic E-state index is 0.00597. The van der Waals surface area contributed by atoms with Crippen LogP contribution in [0.5, 0.6) is 0 Å². The van der Waals surface area contributed by atoms with Crippen LogP contribution in [0.15, 0.2) is 42.5 Å². The van der Waals surface area contributed by atoms with Crippen LogP contribution in [-0.4, -0.2) is 17.1 Å². The van der Waals surface area contributed by atoms with Gasteiger partial charge in [-0.05, 0) is 43.2 Å². The number of benzene rings is 2. The topological polar surface area (TPSA) is 40.5 Å². The molecule has 0 saturated heterocycles. The first-order valence-electron chi connectivity index (χ1n) is 6.48. The smallest absolute Gasteiger partial charge is 0.337 e. The van der Waals surface area contributed by atoms with Crippen molar-refractivity contribution in [2.24, 2.45) is 0 Å². The molecule has 0 aliphatic carbocycles. The fraction of sp³-hybridized carbons (Fsp3) is 0.188. The summed E-state index contributed by atoms with van der Waals surface area (Å²) in [6.45, 7) is 2.04. The number of fused-ring (bicyclic) bond motifs is 1. The second kappa shape index (κ2) is 4.63. The molecule has 4 heteroatoms. The number of halogens is 1. The summed E-state index contributed by atoms with van der Waals surface area (Å²) in [6.07, 6.45) is 0.854. The lowest BCUT2D eigenvalue weighted by Gasteiger charge is -2.26. The molecule has 3 rings (SSSR count). The third-order valence-electron chi connectivity index (χ3n) is 3.66. The second-order valence-electron chi connectivity index (χ2n) is 5.02. The van der Waals surface area contributed by atoms with Gasteiger partial charge in [-0.15, -0.1) is 0 Å². The maximum Gasteiger partial charge on any atom is 0.337 e. The van der Waals surface area contributed by atoms with Gasteiger partial charge < -0.3 is 10.0 Å². The normalized spacial score (nSPS) is 17.1. The van der Waals surface area contributed by atoms with Crippen molar-refractivity contribution in [2.45, 2.75) is 19.4 Å². The second-order valence-corrected chi connectivity index (χ2v) is 5.02. The fourth-order valence-corrected chi connectivity index (χ4v) is 2.82. The minimum Gasteiger partial charge on any atom is -0.478 e. The highest BCUT2D eigenvalue weighted by Crippen LogP contribution is 2.39. The van der Waals surface area contributed by atoms with Gasteiger partial charge in [-0.25, -0.2) is 9.18 Å². The van der Waals surface area contributed by atoms with E-state index in [1.165, 1.54) is 17.7 Å². The van der Waals surface area contributed by atoms with E-state index >= 15 is 0 Å². The Bertz CT molecular complexity index is 684. The van der Waals surface area contributed by atoms with Gasteiger partial charge in [0.1, 0.15) is 5.82 Å². The molecule has 102 valence electrons. The monoisotopic (exact) mass is 271 g/mol. The van der Waals surface area contributed by atoms with E-state index in [0.29, 0.717) is 5.69 Å². The molecule has 1 N–H and O–H groups in total. The molecule has 1 unspecified atom stereocenters.